The minimum Gasteiger partial charge on any atom is -0.232 e. The molecule has 0 aromatic heterocycles. The van der Waals surface area contributed by atoms with Gasteiger partial charge in [0.15, 0.2) is 0 Å². The lowest BCUT2D eigenvalue weighted by molar-refractivity contribution is -0.0325. The lowest BCUT2D eigenvalue weighted by atomic mass is 9.83. The highest BCUT2D eigenvalue weighted by molar-refractivity contribution is 4.74. The van der Waals surface area contributed by atoms with Crippen LogP contribution in [0.25, 0.3) is 0 Å². The Bertz CT molecular complexity index is 79.1. The normalized spacial score (nSPS) is 16.3. The first-order valence-corrected chi connectivity index (χ1v) is 3.51. The average Bonchev–Trinajstić information content (AvgIpc) is 1.62. The molecule has 1 unspecified atom stereocenters. The molecular weight excluding hydrogens is 112 g/mol. The molecule has 0 fully saturated rings. The van der Waals surface area contributed by atoms with Crippen molar-refractivity contribution >= 4 is 0 Å². The highest BCUT2D eigenvalue weighted by Gasteiger charge is 2.26. The van der Waals surface area contributed by atoms with Crippen LogP contribution in [-0.4, -0.2) is 6.10 Å². The van der Waals surface area contributed by atoms with E-state index >= 15 is 0 Å². The minimum atomic E-state index is -0.433. The van der Waals surface area contributed by atoms with Crippen LogP contribution < -0.4 is 0 Å². The zero-order valence-electron chi connectivity index (χ0n) is 7.06. The van der Waals surface area contributed by atoms with Gasteiger partial charge in [0.1, 0.15) is 6.10 Å². The third kappa shape index (κ3) is 2.85. The molecule has 55 valence electrons. The molecule has 1 nitrogen and oxygen atoms in total. The van der Waals surface area contributed by atoms with Crippen LogP contribution in [0.15, 0.2) is 0 Å². The van der Waals surface area contributed by atoms with E-state index in [0.29, 0.717) is 0 Å². The first kappa shape index (κ1) is 8.96. The maximum absolute atomic E-state index is 11.2. The standard InChI is InChI=1S/C8H17O/c1-6(2)7(9)8(3,4)5/h6-7H,1-5H3. The lowest BCUT2D eigenvalue weighted by Gasteiger charge is -2.26. The average molecular weight is 129 g/mol. The Kier molecular flexibility index (Phi) is 2.68. The Balaban J connectivity index is 3.88. The van der Waals surface area contributed by atoms with Gasteiger partial charge in [0.25, 0.3) is 0 Å². The summed E-state index contributed by atoms with van der Waals surface area (Å²) in [5, 5.41) is 11.2. The molecule has 0 aliphatic rings. The first-order valence-electron chi connectivity index (χ1n) is 3.51. The zero-order chi connectivity index (χ0) is 7.65. The van der Waals surface area contributed by atoms with Crippen LogP contribution in [0.2, 0.25) is 0 Å². The van der Waals surface area contributed by atoms with Gasteiger partial charge in [0, 0.05) is 0 Å². The van der Waals surface area contributed by atoms with Crippen LogP contribution in [0.1, 0.15) is 34.6 Å². The zero-order valence-corrected chi connectivity index (χ0v) is 7.06. The van der Waals surface area contributed by atoms with Crippen molar-refractivity contribution in [2.75, 3.05) is 0 Å². The fourth-order valence-corrected chi connectivity index (χ4v) is 1.00. The Morgan fingerprint density at radius 2 is 1.44 bits per heavy atom. The van der Waals surface area contributed by atoms with E-state index in [1.807, 2.05) is 34.6 Å². The predicted molar refractivity (Wildman–Crippen MR) is 38.8 cm³/mol. The molecule has 0 aliphatic heterocycles. The molecule has 0 heterocycles. The summed E-state index contributed by atoms with van der Waals surface area (Å²) < 4.78 is 0. The van der Waals surface area contributed by atoms with Gasteiger partial charge in [-0.1, -0.05) is 34.6 Å². The molecule has 0 rings (SSSR count). The summed E-state index contributed by atoms with van der Waals surface area (Å²) in [4.78, 5) is 0. The first-order chi connectivity index (χ1) is 3.85. The van der Waals surface area contributed by atoms with Crippen molar-refractivity contribution in [3.63, 3.8) is 0 Å². The molecule has 1 heteroatoms. The van der Waals surface area contributed by atoms with Crippen molar-refractivity contribution in [1.82, 2.24) is 0 Å². The Hall–Kier alpha value is -0.0400. The SMILES string of the molecule is CC(C)C([O])C(C)(C)C. The second kappa shape index (κ2) is 2.70. The van der Waals surface area contributed by atoms with Gasteiger partial charge in [0.05, 0.1) is 0 Å². The monoisotopic (exact) mass is 129 g/mol. The van der Waals surface area contributed by atoms with Crippen molar-refractivity contribution in [1.29, 1.82) is 0 Å². The molecule has 0 aromatic rings. The highest BCUT2D eigenvalue weighted by atomic mass is 16.3. The van der Waals surface area contributed by atoms with Crippen LogP contribution >= 0.6 is 0 Å². The number of hydrogen-bond acceptors (Lipinski definition) is 0. The summed E-state index contributed by atoms with van der Waals surface area (Å²) >= 11 is 0. The highest BCUT2D eigenvalue weighted by Crippen LogP contribution is 2.24. The van der Waals surface area contributed by atoms with E-state index < -0.39 is 6.10 Å². The smallest absolute Gasteiger partial charge is 0.100 e. The molecular formula is C8H17O. The van der Waals surface area contributed by atoms with Crippen molar-refractivity contribution < 1.29 is 5.11 Å². The van der Waals surface area contributed by atoms with Gasteiger partial charge in [-0.25, -0.2) is 5.11 Å². The van der Waals surface area contributed by atoms with E-state index in [9.17, 15) is 5.11 Å². The molecule has 0 saturated heterocycles. The van der Waals surface area contributed by atoms with Gasteiger partial charge >= 0.3 is 0 Å². The van der Waals surface area contributed by atoms with Gasteiger partial charge in [0.2, 0.25) is 0 Å². The van der Waals surface area contributed by atoms with E-state index in [-0.39, 0.29) is 11.3 Å². The maximum Gasteiger partial charge on any atom is 0.100 e. The maximum atomic E-state index is 11.2. The minimum absolute atomic E-state index is 0.0752. The van der Waals surface area contributed by atoms with Crippen LogP contribution in [0.3, 0.4) is 0 Å². The predicted octanol–water partition coefficient (Wildman–Crippen LogP) is 2.49. The lowest BCUT2D eigenvalue weighted by Crippen LogP contribution is -2.29. The summed E-state index contributed by atoms with van der Waals surface area (Å²) in [6, 6.07) is 0. The fourth-order valence-electron chi connectivity index (χ4n) is 1.00. The van der Waals surface area contributed by atoms with E-state index in [4.69, 9.17) is 0 Å². The van der Waals surface area contributed by atoms with E-state index in [1.165, 1.54) is 0 Å². The molecule has 0 aliphatic carbocycles. The van der Waals surface area contributed by atoms with Crippen molar-refractivity contribution in [2.24, 2.45) is 11.3 Å². The Labute approximate surface area is 58.1 Å². The van der Waals surface area contributed by atoms with E-state index in [2.05, 4.69) is 0 Å². The third-order valence-corrected chi connectivity index (χ3v) is 1.46. The Morgan fingerprint density at radius 3 is 1.44 bits per heavy atom. The molecule has 1 radical (unpaired) electrons. The van der Waals surface area contributed by atoms with Gasteiger partial charge in [-0.05, 0) is 11.3 Å². The Morgan fingerprint density at radius 1 is 1.11 bits per heavy atom. The summed E-state index contributed by atoms with van der Waals surface area (Å²) in [6.07, 6.45) is -0.433. The molecule has 0 bridgehead atoms. The van der Waals surface area contributed by atoms with Crippen LogP contribution in [0.4, 0.5) is 0 Å². The van der Waals surface area contributed by atoms with Gasteiger partial charge in [-0.15, -0.1) is 0 Å². The topological polar surface area (TPSA) is 19.9 Å². The van der Waals surface area contributed by atoms with E-state index in [0.717, 1.165) is 0 Å². The van der Waals surface area contributed by atoms with Crippen molar-refractivity contribution in [3.05, 3.63) is 0 Å². The van der Waals surface area contributed by atoms with Crippen molar-refractivity contribution in [2.45, 2.75) is 40.7 Å². The van der Waals surface area contributed by atoms with E-state index in [1.54, 1.807) is 0 Å². The van der Waals surface area contributed by atoms with Crippen LogP contribution in [-0.2, 0) is 5.11 Å². The van der Waals surface area contributed by atoms with Gasteiger partial charge < -0.3 is 0 Å². The molecule has 0 amide bonds. The largest absolute Gasteiger partial charge is 0.232 e. The second-order valence-corrected chi connectivity index (χ2v) is 4.03. The summed E-state index contributed by atoms with van der Waals surface area (Å²) in [5.74, 6) is 0.255. The van der Waals surface area contributed by atoms with Crippen LogP contribution in [0, 0.1) is 11.3 Å². The molecule has 0 saturated carbocycles. The van der Waals surface area contributed by atoms with Crippen molar-refractivity contribution in [3.8, 4) is 0 Å². The molecule has 0 aromatic carbocycles. The van der Waals surface area contributed by atoms with Gasteiger partial charge in [-0.3, -0.25) is 0 Å². The molecule has 9 heavy (non-hydrogen) atoms. The second-order valence-electron chi connectivity index (χ2n) is 4.03. The molecule has 1 atom stereocenters. The molecule has 0 spiro atoms. The quantitative estimate of drug-likeness (QED) is 0.518. The fraction of sp³-hybridized carbons (Fsp3) is 1.00. The number of rotatable bonds is 1. The van der Waals surface area contributed by atoms with Crippen LogP contribution in [0.5, 0.6) is 0 Å². The summed E-state index contributed by atoms with van der Waals surface area (Å²) in [6.45, 7) is 9.92. The number of hydrogen-bond donors (Lipinski definition) is 0. The third-order valence-electron chi connectivity index (χ3n) is 1.46. The summed E-state index contributed by atoms with van der Waals surface area (Å²) in [5.41, 5.74) is -0.0752. The van der Waals surface area contributed by atoms with Gasteiger partial charge in [-0.2, -0.15) is 0 Å². The molecule has 0 N–H and O–H groups in total. The summed E-state index contributed by atoms with van der Waals surface area (Å²) in [7, 11) is 0.